The normalized spacial score (nSPS) is 27.6. The average molecular weight is 379 g/mol. The van der Waals surface area contributed by atoms with Gasteiger partial charge in [0.1, 0.15) is 5.82 Å². The SMILES string of the molecule is CNC(c1ccc(Br)c(Cl)c1F)C1(OC)CCCC(C)C1. The lowest BCUT2D eigenvalue weighted by molar-refractivity contribution is -0.0797. The summed E-state index contributed by atoms with van der Waals surface area (Å²) in [5, 5.41) is 3.38. The highest BCUT2D eigenvalue weighted by molar-refractivity contribution is 9.10. The van der Waals surface area contributed by atoms with Crippen LogP contribution in [0.1, 0.15) is 44.2 Å². The second-order valence-corrected chi connectivity index (χ2v) is 7.19. The molecule has 2 nitrogen and oxygen atoms in total. The first-order valence-electron chi connectivity index (χ1n) is 7.31. The van der Waals surface area contributed by atoms with Gasteiger partial charge in [0, 0.05) is 17.1 Å². The van der Waals surface area contributed by atoms with Gasteiger partial charge < -0.3 is 10.1 Å². The zero-order valence-corrected chi connectivity index (χ0v) is 15.0. The van der Waals surface area contributed by atoms with E-state index in [1.807, 2.05) is 7.05 Å². The van der Waals surface area contributed by atoms with E-state index in [1.165, 1.54) is 6.42 Å². The van der Waals surface area contributed by atoms with E-state index in [4.69, 9.17) is 16.3 Å². The molecule has 0 spiro atoms. The van der Waals surface area contributed by atoms with Crippen molar-refractivity contribution in [1.82, 2.24) is 5.32 Å². The average Bonchev–Trinajstić information content (AvgIpc) is 2.48. The van der Waals surface area contributed by atoms with Crippen molar-refractivity contribution in [3.05, 3.63) is 33.0 Å². The zero-order valence-electron chi connectivity index (χ0n) is 12.7. The molecule has 1 saturated carbocycles. The van der Waals surface area contributed by atoms with Crippen molar-refractivity contribution in [2.45, 2.75) is 44.2 Å². The smallest absolute Gasteiger partial charge is 0.147 e. The Balaban J connectivity index is 2.45. The highest BCUT2D eigenvalue weighted by atomic mass is 79.9. The fraction of sp³-hybridized carbons (Fsp3) is 0.625. The van der Waals surface area contributed by atoms with Gasteiger partial charge in [0.15, 0.2) is 0 Å². The molecule has 0 aromatic heterocycles. The van der Waals surface area contributed by atoms with Crippen molar-refractivity contribution in [1.29, 1.82) is 0 Å². The molecule has 5 heteroatoms. The van der Waals surface area contributed by atoms with Crippen LogP contribution in [-0.4, -0.2) is 19.8 Å². The van der Waals surface area contributed by atoms with Crippen LogP contribution in [-0.2, 0) is 4.74 Å². The zero-order chi connectivity index (χ0) is 15.6. The van der Waals surface area contributed by atoms with Crippen molar-refractivity contribution in [3.8, 4) is 0 Å². The predicted octanol–water partition coefficient (Wildman–Crippen LogP) is 5.10. The second-order valence-electron chi connectivity index (χ2n) is 5.96. The van der Waals surface area contributed by atoms with E-state index in [-0.39, 0.29) is 22.5 Å². The summed E-state index contributed by atoms with van der Waals surface area (Å²) in [6.45, 7) is 2.23. The van der Waals surface area contributed by atoms with Crippen LogP contribution < -0.4 is 5.32 Å². The molecule has 1 aromatic carbocycles. The molecule has 1 N–H and O–H groups in total. The third-order valence-electron chi connectivity index (χ3n) is 4.59. The molecule has 1 fully saturated rings. The lowest BCUT2D eigenvalue weighted by Crippen LogP contribution is -2.47. The number of halogens is 3. The van der Waals surface area contributed by atoms with Gasteiger partial charge in [-0.05, 0) is 47.8 Å². The lowest BCUT2D eigenvalue weighted by atomic mass is 9.72. The van der Waals surface area contributed by atoms with Crippen LogP contribution in [0.2, 0.25) is 5.02 Å². The molecule has 21 heavy (non-hydrogen) atoms. The van der Waals surface area contributed by atoms with E-state index >= 15 is 0 Å². The van der Waals surface area contributed by atoms with E-state index in [2.05, 4.69) is 28.2 Å². The molecule has 118 valence electrons. The maximum absolute atomic E-state index is 14.6. The van der Waals surface area contributed by atoms with E-state index in [0.29, 0.717) is 16.0 Å². The molecular formula is C16H22BrClFNO. The summed E-state index contributed by atoms with van der Waals surface area (Å²) in [7, 11) is 3.57. The second kappa shape index (κ2) is 6.95. The van der Waals surface area contributed by atoms with Crippen molar-refractivity contribution in [2.75, 3.05) is 14.2 Å². The Bertz CT molecular complexity index is 513. The molecular weight excluding hydrogens is 357 g/mol. The molecule has 2 rings (SSSR count). The Labute approximate surface area is 139 Å². The first-order valence-corrected chi connectivity index (χ1v) is 8.48. The predicted molar refractivity (Wildman–Crippen MR) is 88.3 cm³/mol. The molecule has 1 aromatic rings. The summed E-state index contributed by atoms with van der Waals surface area (Å²) >= 11 is 9.31. The van der Waals surface area contributed by atoms with E-state index < -0.39 is 0 Å². The van der Waals surface area contributed by atoms with Gasteiger partial charge in [-0.15, -0.1) is 0 Å². The third-order valence-corrected chi connectivity index (χ3v) is 5.85. The fourth-order valence-corrected chi connectivity index (χ4v) is 4.05. The number of hydrogen-bond donors (Lipinski definition) is 1. The molecule has 0 aliphatic heterocycles. The highest BCUT2D eigenvalue weighted by Gasteiger charge is 2.43. The largest absolute Gasteiger partial charge is 0.376 e. The quantitative estimate of drug-likeness (QED) is 0.736. The molecule has 0 saturated heterocycles. The van der Waals surface area contributed by atoms with Crippen molar-refractivity contribution in [3.63, 3.8) is 0 Å². The van der Waals surface area contributed by atoms with Crippen LogP contribution in [0.4, 0.5) is 4.39 Å². The lowest BCUT2D eigenvalue weighted by Gasteiger charge is -2.44. The van der Waals surface area contributed by atoms with Crippen LogP contribution >= 0.6 is 27.5 Å². The Hall–Kier alpha value is -0.160. The number of ether oxygens (including phenoxy) is 1. The van der Waals surface area contributed by atoms with Gasteiger partial charge in [-0.25, -0.2) is 4.39 Å². The van der Waals surface area contributed by atoms with E-state index in [0.717, 1.165) is 19.3 Å². The Kier molecular flexibility index (Phi) is 5.69. The van der Waals surface area contributed by atoms with E-state index in [9.17, 15) is 4.39 Å². The molecule has 3 unspecified atom stereocenters. The summed E-state index contributed by atoms with van der Waals surface area (Å²) in [6.07, 6.45) is 4.14. The van der Waals surface area contributed by atoms with Gasteiger partial charge in [0.05, 0.1) is 16.7 Å². The summed E-state index contributed by atoms with van der Waals surface area (Å²) in [5.74, 6) is 0.198. The van der Waals surface area contributed by atoms with Gasteiger partial charge in [-0.3, -0.25) is 0 Å². The monoisotopic (exact) mass is 377 g/mol. The Morgan fingerprint density at radius 2 is 2.24 bits per heavy atom. The van der Waals surface area contributed by atoms with Crippen LogP contribution in [0.5, 0.6) is 0 Å². The maximum atomic E-state index is 14.6. The Morgan fingerprint density at radius 3 is 2.81 bits per heavy atom. The Morgan fingerprint density at radius 1 is 1.52 bits per heavy atom. The summed E-state index contributed by atoms with van der Waals surface area (Å²) in [5.41, 5.74) is 0.186. The maximum Gasteiger partial charge on any atom is 0.147 e. The molecule has 0 bridgehead atoms. The van der Waals surface area contributed by atoms with Gasteiger partial charge in [0.2, 0.25) is 0 Å². The number of rotatable bonds is 4. The number of nitrogens with one attached hydrogen (secondary N) is 1. The van der Waals surface area contributed by atoms with Crippen LogP contribution in [0.3, 0.4) is 0 Å². The fourth-order valence-electron chi connectivity index (χ4n) is 3.57. The number of hydrogen-bond acceptors (Lipinski definition) is 2. The summed E-state index contributed by atoms with van der Waals surface area (Å²) in [6, 6.07) is 3.36. The van der Waals surface area contributed by atoms with Crippen molar-refractivity contribution in [2.24, 2.45) is 5.92 Å². The molecule has 3 atom stereocenters. The topological polar surface area (TPSA) is 21.3 Å². The summed E-state index contributed by atoms with van der Waals surface area (Å²) < 4.78 is 21.1. The van der Waals surface area contributed by atoms with Gasteiger partial charge in [-0.1, -0.05) is 37.4 Å². The first-order chi connectivity index (χ1) is 9.95. The number of benzene rings is 1. The number of likely N-dealkylation sites (N-methyl/N-ethyl adjacent to an activating group) is 1. The minimum atomic E-state index is -0.385. The van der Waals surface area contributed by atoms with E-state index in [1.54, 1.807) is 19.2 Å². The molecule has 1 aliphatic carbocycles. The van der Waals surface area contributed by atoms with Crippen molar-refractivity contribution >= 4 is 27.5 Å². The summed E-state index contributed by atoms with van der Waals surface area (Å²) in [4.78, 5) is 0. The van der Waals surface area contributed by atoms with Gasteiger partial charge in [-0.2, -0.15) is 0 Å². The minimum absolute atomic E-state index is 0.128. The third kappa shape index (κ3) is 3.29. The van der Waals surface area contributed by atoms with Crippen LogP contribution in [0.25, 0.3) is 0 Å². The van der Waals surface area contributed by atoms with Crippen LogP contribution in [0, 0.1) is 11.7 Å². The van der Waals surface area contributed by atoms with Crippen molar-refractivity contribution < 1.29 is 9.13 Å². The molecule has 0 heterocycles. The highest BCUT2D eigenvalue weighted by Crippen LogP contribution is 2.44. The standard InChI is InChI=1S/C16H22BrClFNO/c1-10-5-4-8-16(9-10,21-3)15(20-2)11-6-7-12(17)13(18)14(11)19/h6-7,10,15,20H,4-5,8-9H2,1-3H3. The number of methoxy groups -OCH3 is 1. The first kappa shape index (κ1) is 17.2. The van der Waals surface area contributed by atoms with Crippen LogP contribution in [0.15, 0.2) is 16.6 Å². The van der Waals surface area contributed by atoms with Gasteiger partial charge >= 0.3 is 0 Å². The molecule has 0 radical (unpaired) electrons. The molecule has 0 amide bonds. The van der Waals surface area contributed by atoms with Gasteiger partial charge in [0.25, 0.3) is 0 Å². The molecule has 1 aliphatic rings. The minimum Gasteiger partial charge on any atom is -0.376 e.